The van der Waals surface area contributed by atoms with Gasteiger partial charge in [0.15, 0.2) is 0 Å². The van der Waals surface area contributed by atoms with Crippen LogP contribution in [0.2, 0.25) is 0 Å². The van der Waals surface area contributed by atoms with Crippen LogP contribution < -0.4 is 5.32 Å². The lowest BCUT2D eigenvalue weighted by Crippen LogP contribution is -2.19. The van der Waals surface area contributed by atoms with Gasteiger partial charge < -0.3 is 5.32 Å². The highest BCUT2D eigenvalue weighted by Gasteiger charge is 2.13. The van der Waals surface area contributed by atoms with E-state index in [0.717, 1.165) is 5.92 Å². The highest BCUT2D eigenvalue weighted by atomic mass is 14.9. The second kappa shape index (κ2) is 5.32. The van der Waals surface area contributed by atoms with Crippen LogP contribution in [0.25, 0.3) is 0 Å². The molecule has 0 fully saturated rings. The van der Waals surface area contributed by atoms with Crippen LogP contribution in [0.3, 0.4) is 0 Å². The summed E-state index contributed by atoms with van der Waals surface area (Å²) in [6.07, 6.45) is 1.20. The average molecular weight is 205 g/mol. The summed E-state index contributed by atoms with van der Waals surface area (Å²) in [5.41, 5.74) is 4.26. The fourth-order valence-electron chi connectivity index (χ4n) is 2.02. The molecule has 0 radical (unpaired) electrons. The van der Waals surface area contributed by atoms with Gasteiger partial charge in [0.05, 0.1) is 0 Å². The van der Waals surface area contributed by atoms with Crippen molar-refractivity contribution < 1.29 is 0 Å². The lowest BCUT2D eigenvalue weighted by Gasteiger charge is -2.21. The first kappa shape index (κ1) is 12.3. The van der Waals surface area contributed by atoms with Crippen molar-refractivity contribution in [3.05, 3.63) is 34.9 Å². The summed E-state index contributed by atoms with van der Waals surface area (Å²) < 4.78 is 0. The van der Waals surface area contributed by atoms with E-state index in [1.54, 1.807) is 0 Å². The number of hydrogen-bond acceptors (Lipinski definition) is 1. The Kier molecular flexibility index (Phi) is 4.34. The molecule has 1 N–H and O–H groups in total. The van der Waals surface area contributed by atoms with Gasteiger partial charge >= 0.3 is 0 Å². The molecule has 84 valence electrons. The number of rotatable bonds is 4. The van der Waals surface area contributed by atoms with E-state index in [9.17, 15) is 0 Å². The molecule has 1 unspecified atom stereocenters. The van der Waals surface area contributed by atoms with Crippen LogP contribution in [-0.4, -0.2) is 7.05 Å². The fourth-order valence-corrected chi connectivity index (χ4v) is 2.02. The Balaban J connectivity index is 2.96. The highest BCUT2D eigenvalue weighted by Crippen LogP contribution is 2.25. The summed E-state index contributed by atoms with van der Waals surface area (Å²) in [6.45, 7) is 8.95. The largest absolute Gasteiger partial charge is 0.313 e. The molecule has 0 saturated heterocycles. The van der Waals surface area contributed by atoms with Crippen molar-refractivity contribution in [1.82, 2.24) is 5.32 Å². The quantitative estimate of drug-likeness (QED) is 0.791. The van der Waals surface area contributed by atoms with Gasteiger partial charge in [-0.3, -0.25) is 0 Å². The Morgan fingerprint density at radius 1 is 1.20 bits per heavy atom. The van der Waals surface area contributed by atoms with Crippen LogP contribution in [0, 0.1) is 19.8 Å². The maximum absolute atomic E-state index is 3.42. The number of nitrogens with one attached hydrogen (secondary N) is 1. The molecule has 0 aliphatic heterocycles. The molecule has 1 aromatic rings. The molecule has 0 saturated carbocycles. The molecule has 15 heavy (non-hydrogen) atoms. The molecule has 0 aromatic heterocycles. The van der Waals surface area contributed by atoms with Gasteiger partial charge in [-0.1, -0.05) is 32.0 Å². The van der Waals surface area contributed by atoms with E-state index in [1.165, 1.54) is 23.1 Å². The van der Waals surface area contributed by atoms with Gasteiger partial charge in [-0.05, 0) is 49.9 Å². The predicted octanol–water partition coefficient (Wildman–Crippen LogP) is 3.61. The van der Waals surface area contributed by atoms with Crippen LogP contribution >= 0.6 is 0 Å². The second-order valence-electron chi connectivity index (χ2n) is 4.76. The number of benzene rings is 1. The van der Waals surface area contributed by atoms with Crippen LogP contribution in [0.15, 0.2) is 18.2 Å². The maximum Gasteiger partial charge on any atom is 0.0322 e. The minimum atomic E-state index is 0.491. The average Bonchev–Trinajstić information content (AvgIpc) is 2.19. The van der Waals surface area contributed by atoms with Gasteiger partial charge in [-0.15, -0.1) is 0 Å². The summed E-state index contributed by atoms with van der Waals surface area (Å²) in [4.78, 5) is 0. The smallest absolute Gasteiger partial charge is 0.0322 e. The molecule has 1 rings (SSSR count). The summed E-state index contributed by atoms with van der Waals surface area (Å²) >= 11 is 0. The molecule has 1 heteroatoms. The normalized spacial score (nSPS) is 13.2. The summed E-state index contributed by atoms with van der Waals surface area (Å²) in [7, 11) is 2.05. The van der Waals surface area contributed by atoms with Crippen molar-refractivity contribution >= 4 is 0 Å². The molecule has 1 atom stereocenters. The number of aryl methyl sites for hydroxylation is 1. The first-order chi connectivity index (χ1) is 7.06. The van der Waals surface area contributed by atoms with E-state index in [4.69, 9.17) is 0 Å². The van der Waals surface area contributed by atoms with Crippen LogP contribution in [0.4, 0.5) is 0 Å². The third kappa shape index (κ3) is 3.07. The summed E-state index contributed by atoms with van der Waals surface area (Å²) in [5.74, 6) is 0.724. The molecule has 0 heterocycles. The molecule has 1 nitrogen and oxygen atoms in total. The minimum Gasteiger partial charge on any atom is -0.313 e. The van der Waals surface area contributed by atoms with Crippen molar-refractivity contribution in [2.45, 2.75) is 40.2 Å². The zero-order valence-corrected chi connectivity index (χ0v) is 10.6. The monoisotopic (exact) mass is 205 g/mol. The molecule has 1 aromatic carbocycles. The third-order valence-electron chi connectivity index (χ3n) is 3.08. The maximum atomic E-state index is 3.42. The Morgan fingerprint density at radius 3 is 2.40 bits per heavy atom. The Labute approximate surface area is 93.9 Å². The van der Waals surface area contributed by atoms with E-state index >= 15 is 0 Å². The molecule has 0 aliphatic carbocycles. The molecule has 0 bridgehead atoms. The third-order valence-corrected chi connectivity index (χ3v) is 3.08. The van der Waals surface area contributed by atoms with Gasteiger partial charge in [-0.25, -0.2) is 0 Å². The van der Waals surface area contributed by atoms with E-state index in [0.29, 0.717) is 6.04 Å². The zero-order chi connectivity index (χ0) is 11.4. The van der Waals surface area contributed by atoms with Gasteiger partial charge in [0.1, 0.15) is 0 Å². The minimum absolute atomic E-state index is 0.491. The fraction of sp³-hybridized carbons (Fsp3) is 0.571. The Hall–Kier alpha value is -0.820. The van der Waals surface area contributed by atoms with Gasteiger partial charge in [0, 0.05) is 6.04 Å². The van der Waals surface area contributed by atoms with E-state index in [1.807, 2.05) is 0 Å². The SMILES string of the molecule is CNC(CC(C)C)c1cccc(C)c1C. The van der Waals surface area contributed by atoms with Gasteiger partial charge in [0.2, 0.25) is 0 Å². The van der Waals surface area contributed by atoms with E-state index < -0.39 is 0 Å². The standard InChI is InChI=1S/C14H23N/c1-10(2)9-14(15-5)13-8-6-7-11(3)12(13)4/h6-8,10,14-15H,9H2,1-5H3. The lowest BCUT2D eigenvalue weighted by molar-refractivity contribution is 0.455. The van der Waals surface area contributed by atoms with Crippen LogP contribution in [-0.2, 0) is 0 Å². The van der Waals surface area contributed by atoms with Crippen molar-refractivity contribution in [2.75, 3.05) is 7.05 Å². The summed E-state index contributed by atoms with van der Waals surface area (Å²) in [6, 6.07) is 7.07. The molecular formula is C14H23N. The molecule has 0 spiro atoms. The lowest BCUT2D eigenvalue weighted by atomic mass is 9.92. The van der Waals surface area contributed by atoms with E-state index in [-0.39, 0.29) is 0 Å². The van der Waals surface area contributed by atoms with Gasteiger partial charge in [0.25, 0.3) is 0 Å². The first-order valence-corrected chi connectivity index (χ1v) is 5.79. The van der Waals surface area contributed by atoms with Crippen molar-refractivity contribution in [1.29, 1.82) is 0 Å². The summed E-state index contributed by atoms with van der Waals surface area (Å²) in [5, 5.41) is 3.42. The van der Waals surface area contributed by atoms with Crippen molar-refractivity contribution in [3.8, 4) is 0 Å². The predicted molar refractivity (Wildman–Crippen MR) is 67.2 cm³/mol. The Bertz CT molecular complexity index is 315. The molecule has 0 amide bonds. The topological polar surface area (TPSA) is 12.0 Å². The zero-order valence-electron chi connectivity index (χ0n) is 10.6. The van der Waals surface area contributed by atoms with E-state index in [2.05, 4.69) is 58.3 Å². The van der Waals surface area contributed by atoms with Gasteiger partial charge in [-0.2, -0.15) is 0 Å². The van der Waals surface area contributed by atoms with Crippen LogP contribution in [0.5, 0.6) is 0 Å². The second-order valence-corrected chi connectivity index (χ2v) is 4.76. The molecule has 0 aliphatic rings. The van der Waals surface area contributed by atoms with Crippen molar-refractivity contribution in [2.24, 2.45) is 5.92 Å². The van der Waals surface area contributed by atoms with Crippen LogP contribution in [0.1, 0.15) is 43.0 Å². The highest BCUT2D eigenvalue weighted by molar-refractivity contribution is 5.35. The molecular weight excluding hydrogens is 182 g/mol. The number of hydrogen-bond donors (Lipinski definition) is 1. The van der Waals surface area contributed by atoms with Crippen molar-refractivity contribution in [3.63, 3.8) is 0 Å². The Morgan fingerprint density at radius 2 is 1.87 bits per heavy atom. The first-order valence-electron chi connectivity index (χ1n) is 5.79.